The summed E-state index contributed by atoms with van der Waals surface area (Å²) in [6, 6.07) is 13.4. The average molecular weight is 577 g/mol. The molecule has 0 bridgehead atoms. The lowest BCUT2D eigenvalue weighted by Crippen LogP contribution is -2.33. The number of hydrogen-bond acceptors (Lipinski definition) is 12. The molecule has 0 aliphatic rings. The van der Waals surface area contributed by atoms with Crippen molar-refractivity contribution in [1.29, 1.82) is 0 Å². The van der Waals surface area contributed by atoms with E-state index in [4.69, 9.17) is 9.47 Å². The van der Waals surface area contributed by atoms with E-state index in [0.29, 0.717) is 12.8 Å². The Morgan fingerprint density at radius 1 is 0.561 bits per heavy atom. The van der Waals surface area contributed by atoms with Crippen LogP contribution in [0.15, 0.2) is 48.5 Å². The second kappa shape index (κ2) is 17.5. The fourth-order valence-electron chi connectivity index (χ4n) is 3.61. The average Bonchev–Trinajstić information content (AvgIpc) is 2.98. The third-order valence-electron chi connectivity index (χ3n) is 6.37. The molecule has 0 saturated carbocycles. The van der Waals surface area contributed by atoms with Gasteiger partial charge in [0.25, 0.3) is 0 Å². The van der Waals surface area contributed by atoms with E-state index < -0.39 is 29.7 Å². The van der Waals surface area contributed by atoms with E-state index in [-0.39, 0.29) is 24.3 Å². The summed E-state index contributed by atoms with van der Waals surface area (Å²) in [5, 5.41) is 8.49. The minimum absolute atomic E-state index is 0.210. The number of aryl methyl sites for hydroxylation is 2. The molecular formula is C29H36O12. The van der Waals surface area contributed by atoms with Gasteiger partial charge in [0, 0.05) is 5.41 Å². The molecule has 2 aromatic rings. The quantitative estimate of drug-likeness (QED) is 0.124. The molecule has 0 spiro atoms. The van der Waals surface area contributed by atoms with Crippen LogP contribution in [0, 0.1) is 5.41 Å². The zero-order valence-corrected chi connectivity index (χ0v) is 23.7. The van der Waals surface area contributed by atoms with Crippen molar-refractivity contribution < 1.29 is 58.3 Å². The second-order valence-corrected chi connectivity index (χ2v) is 9.22. The molecule has 0 unspecified atom stereocenters. The van der Waals surface area contributed by atoms with Gasteiger partial charge in [-0.1, -0.05) is 64.8 Å². The van der Waals surface area contributed by atoms with Gasteiger partial charge in [-0.05, 0) is 61.1 Å². The molecule has 0 saturated heterocycles. The molecule has 0 amide bonds. The lowest BCUT2D eigenvalue weighted by atomic mass is 9.84. The molecule has 0 aliphatic heterocycles. The van der Waals surface area contributed by atoms with Crippen LogP contribution in [0.1, 0.15) is 85.2 Å². The van der Waals surface area contributed by atoms with Gasteiger partial charge in [-0.25, -0.2) is 29.0 Å². The Morgan fingerprint density at radius 3 is 1.24 bits per heavy atom. The van der Waals surface area contributed by atoms with E-state index in [1.165, 1.54) is 0 Å². The summed E-state index contributed by atoms with van der Waals surface area (Å²) in [5.74, 6) is -1.72. The van der Waals surface area contributed by atoms with Crippen molar-refractivity contribution in [2.45, 2.75) is 66.2 Å². The van der Waals surface area contributed by atoms with Crippen molar-refractivity contribution in [2.75, 3.05) is 13.2 Å². The Hall–Kier alpha value is -4.16. The van der Waals surface area contributed by atoms with Gasteiger partial charge in [0.1, 0.15) is 13.2 Å². The number of hydrogen-bond donors (Lipinski definition) is 0. The molecule has 12 nitrogen and oxygen atoms in total. The summed E-state index contributed by atoms with van der Waals surface area (Å²) >= 11 is 0. The fourth-order valence-corrected chi connectivity index (χ4v) is 3.61. The van der Waals surface area contributed by atoms with Crippen LogP contribution >= 0.6 is 0 Å². The zero-order chi connectivity index (χ0) is 30.1. The van der Waals surface area contributed by atoms with Gasteiger partial charge in [-0.15, -0.1) is 0 Å². The first-order valence-electron chi connectivity index (χ1n) is 13.4. The highest BCUT2D eigenvalue weighted by molar-refractivity contribution is 5.89. The molecule has 0 fully saturated rings. The molecule has 0 heterocycles. The molecule has 0 aliphatic carbocycles. The normalized spacial score (nSPS) is 10.8. The summed E-state index contributed by atoms with van der Waals surface area (Å²) in [6.45, 7) is 7.22. The van der Waals surface area contributed by atoms with E-state index in [2.05, 4.69) is 29.6 Å². The van der Waals surface area contributed by atoms with Gasteiger partial charge >= 0.3 is 24.2 Å². The minimum atomic E-state index is -1.28. The Balaban J connectivity index is 1.70. The molecular weight excluding hydrogens is 540 g/mol. The van der Waals surface area contributed by atoms with E-state index in [1.54, 1.807) is 62.4 Å². The van der Waals surface area contributed by atoms with Gasteiger partial charge in [-0.3, -0.25) is 9.78 Å². The van der Waals surface area contributed by atoms with E-state index in [0.717, 1.165) is 36.8 Å². The van der Waals surface area contributed by atoms with E-state index in [9.17, 15) is 19.2 Å². The minimum Gasteiger partial charge on any atom is -0.432 e. The van der Waals surface area contributed by atoms with Crippen LogP contribution in [0.2, 0.25) is 0 Å². The second-order valence-electron chi connectivity index (χ2n) is 9.22. The molecule has 0 N–H and O–H groups in total. The van der Waals surface area contributed by atoms with Crippen LogP contribution in [-0.2, 0) is 51.9 Å². The first-order valence-corrected chi connectivity index (χ1v) is 13.4. The Labute approximate surface area is 238 Å². The van der Waals surface area contributed by atoms with Gasteiger partial charge in [0.2, 0.25) is 0 Å². The van der Waals surface area contributed by atoms with Crippen molar-refractivity contribution >= 4 is 24.2 Å². The molecule has 2 rings (SSSR count). The molecule has 0 radical (unpaired) electrons. The lowest BCUT2D eigenvalue weighted by molar-refractivity contribution is -0.453. The van der Waals surface area contributed by atoms with Crippen LogP contribution < -0.4 is 0 Å². The largest absolute Gasteiger partial charge is 0.543 e. The number of rotatable bonds is 16. The number of carbonyl (C=O) groups excluding carboxylic acids is 4. The predicted molar refractivity (Wildman–Crippen MR) is 142 cm³/mol. The molecule has 224 valence electrons. The monoisotopic (exact) mass is 576 g/mol. The van der Waals surface area contributed by atoms with Crippen molar-refractivity contribution in [3.63, 3.8) is 0 Å². The Kier molecular flexibility index (Phi) is 14.1. The highest BCUT2D eigenvalue weighted by Crippen LogP contribution is 2.28. The van der Waals surface area contributed by atoms with Crippen LogP contribution in [0.25, 0.3) is 0 Å². The number of carbonyl (C=O) groups is 4. The molecule has 2 aromatic carbocycles. The summed E-state index contributed by atoms with van der Waals surface area (Å²) in [4.78, 5) is 65.4. The highest BCUT2D eigenvalue weighted by Gasteiger charge is 2.31. The van der Waals surface area contributed by atoms with Crippen molar-refractivity contribution in [2.24, 2.45) is 5.41 Å². The smallest absolute Gasteiger partial charge is 0.432 e. The van der Waals surface area contributed by atoms with Crippen molar-refractivity contribution in [3.8, 4) is 0 Å². The van der Waals surface area contributed by atoms with E-state index >= 15 is 0 Å². The van der Waals surface area contributed by atoms with Crippen molar-refractivity contribution in [3.05, 3.63) is 70.8 Å². The molecule has 0 aromatic heterocycles. The number of ether oxygens (including phenoxy) is 2. The van der Waals surface area contributed by atoms with Gasteiger partial charge in [0.15, 0.2) is 0 Å². The molecule has 41 heavy (non-hydrogen) atoms. The van der Waals surface area contributed by atoms with Gasteiger partial charge in [-0.2, -0.15) is 0 Å². The molecule has 12 heteroatoms. The third kappa shape index (κ3) is 11.5. The summed E-state index contributed by atoms with van der Waals surface area (Å²) in [6.07, 6.45) is 2.00. The topological polar surface area (TPSA) is 142 Å². The van der Waals surface area contributed by atoms with E-state index in [1.807, 2.05) is 13.8 Å². The fraction of sp³-hybridized carbons (Fsp3) is 0.448. The van der Waals surface area contributed by atoms with Crippen molar-refractivity contribution in [1.82, 2.24) is 0 Å². The summed E-state index contributed by atoms with van der Waals surface area (Å²) in [5.41, 5.74) is 1.74. The maximum absolute atomic E-state index is 12.0. The number of benzene rings is 2. The maximum Gasteiger partial charge on any atom is 0.543 e. The Bertz CT molecular complexity index is 1020. The standard InChI is InChI=1S/C29H36O12/c1-5-9-21-11-15-23(16-12-21)25(30)36-40-38-27(32)34-19-29(7-3,8-4)20-35-28(33)39-41-37-26(31)24-17-13-22(10-6-2)14-18-24/h11-18H,5-10,19-20H2,1-4H3. The maximum atomic E-state index is 12.0. The first-order chi connectivity index (χ1) is 19.8. The Morgan fingerprint density at radius 2 is 0.927 bits per heavy atom. The zero-order valence-electron chi connectivity index (χ0n) is 23.7. The predicted octanol–water partition coefficient (Wildman–Crippen LogP) is 6.41. The van der Waals surface area contributed by atoms with Crippen LogP contribution in [0.5, 0.6) is 0 Å². The van der Waals surface area contributed by atoms with Crippen LogP contribution in [0.4, 0.5) is 9.59 Å². The summed E-state index contributed by atoms with van der Waals surface area (Å²) < 4.78 is 10.1. The third-order valence-corrected chi connectivity index (χ3v) is 6.37. The van der Waals surface area contributed by atoms with Crippen LogP contribution in [-0.4, -0.2) is 37.5 Å². The van der Waals surface area contributed by atoms with Gasteiger partial charge < -0.3 is 9.47 Å². The SMILES string of the molecule is CCCc1ccc(C(=O)OOOC(=O)OCC(CC)(CC)COC(=O)OOOC(=O)c2ccc(CCC)cc2)cc1. The lowest BCUT2D eigenvalue weighted by Gasteiger charge is -2.29. The summed E-state index contributed by atoms with van der Waals surface area (Å²) in [7, 11) is 0. The van der Waals surface area contributed by atoms with Gasteiger partial charge in [0.05, 0.1) is 21.2 Å². The van der Waals surface area contributed by atoms with Crippen LogP contribution in [0.3, 0.4) is 0 Å². The highest BCUT2D eigenvalue weighted by atomic mass is 17.5. The molecule has 0 atom stereocenters. The first kappa shape index (κ1) is 33.0.